The van der Waals surface area contributed by atoms with E-state index in [0.717, 1.165) is 16.0 Å². The van der Waals surface area contributed by atoms with Gasteiger partial charge in [0, 0.05) is 5.56 Å². The second kappa shape index (κ2) is 8.78. The van der Waals surface area contributed by atoms with Crippen LogP contribution in [-0.2, 0) is 5.41 Å². The summed E-state index contributed by atoms with van der Waals surface area (Å²) in [7, 11) is 1.53. The Kier molecular flexibility index (Phi) is 6.00. The number of hydrogen-bond acceptors (Lipinski definition) is 4. The molecule has 0 saturated carbocycles. The lowest BCUT2D eigenvalue weighted by Crippen LogP contribution is -2.44. The van der Waals surface area contributed by atoms with Crippen molar-refractivity contribution in [3.63, 3.8) is 0 Å². The lowest BCUT2D eigenvalue weighted by Gasteiger charge is -2.29. The number of fused-ring (bicyclic) bond motifs is 1. The monoisotopic (exact) mass is 456 g/mol. The molecule has 0 saturated heterocycles. The largest absolute Gasteiger partial charge is 0.495 e. The summed E-state index contributed by atoms with van der Waals surface area (Å²) in [5.41, 5.74) is 3.62. The van der Waals surface area contributed by atoms with Crippen LogP contribution < -0.4 is 9.64 Å². The highest BCUT2D eigenvalue weighted by molar-refractivity contribution is 6.22. The van der Waals surface area contributed by atoms with Crippen LogP contribution in [0.5, 0.6) is 5.75 Å². The second-order valence-electron chi connectivity index (χ2n) is 9.46. The average Bonchev–Trinajstić information content (AvgIpc) is 3.06. The van der Waals surface area contributed by atoms with Gasteiger partial charge in [-0.1, -0.05) is 51.1 Å². The summed E-state index contributed by atoms with van der Waals surface area (Å²) in [4.78, 5) is 42.3. The SMILES string of the molecule is COc1cc(C)ccc1N(CN1C(=O)c2ccccc2C1=O)C(=O)c1ccc(C(C)(C)C)cc1. The molecule has 0 N–H and O–H groups in total. The number of aryl methyl sites for hydroxylation is 1. The summed E-state index contributed by atoms with van der Waals surface area (Å²) in [5, 5.41) is 0. The first-order valence-electron chi connectivity index (χ1n) is 11.1. The molecular formula is C28H28N2O4. The van der Waals surface area contributed by atoms with E-state index in [9.17, 15) is 14.4 Å². The number of amides is 3. The molecule has 3 amide bonds. The van der Waals surface area contributed by atoms with Gasteiger partial charge in [-0.05, 0) is 59.9 Å². The zero-order valence-corrected chi connectivity index (χ0v) is 20.1. The van der Waals surface area contributed by atoms with Gasteiger partial charge in [-0.2, -0.15) is 0 Å². The van der Waals surface area contributed by atoms with E-state index in [1.54, 1.807) is 42.5 Å². The Hall–Kier alpha value is -3.93. The molecule has 4 rings (SSSR count). The summed E-state index contributed by atoms with van der Waals surface area (Å²) in [5.74, 6) is -0.699. The van der Waals surface area contributed by atoms with Crippen molar-refractivity contribution < 1.29 is 19.1 Å². The molecule has 34 heavy (non-hydrogen) atoms. The molecular weight excluding hydrogens is 428 g/mol. The second-order valence-corrected chi connectivity index (χ2v) is 9.46. The summed E-state index contributed by atoms with van der Waals surface area (Å²) < 4.78 is 5.55. The molecule has 6 nitrogen and oxygen atoms in total. The number of ether oxygens (including phenoxy) is 1. The maximum atomic E-state index is 13.8. The Labute approximate surface area is 199 Å². The van der Waals surface area contributed by atoms with Gasteiger partial charge in [0.25, 0.3) is 17.7 Å². The molecule has 3 aromatic rings. The van der Waals surface area contributed by atoms with Crippen molar-refractivity contribution in [3.8, 4) is 5.75 Å². The predicted molar refractivity (Wildman–Crippen MR) is 131 cm³/mol. The molecule has 0 aromatic heterocycles. The third kappa shape index (κ3) is 4.19. The summed E-state index contributed by atoms with van der Waals surface area (Å²) in [6.07, 6.45) is 0. The number of rotatable bonds is 5. The zero-order valence-electron chi connectivity index (χ0n) is 20.1. The molecule has 1 heterocycles. The predicted octanol–water partition coefficient (Wildman–Crippen LogP) is 5.20. The summed E-state index contributed by atoms with van der Waals surface area (Å²) in [6, 6.07) is 19.6. The van der Waals surface area contributed by atoms with Crippen molar-refractivity contribution in [2.24, 2.45) is 0 Å². The fraction of sp³-hybridized carbons (Fsp3) is 0.250. The van der Waals surface area contributed by atoms with Crippen LogP contribution in [0.4, 0.5) is 5.69 Å². The highest BCUT2D eigenvalue weighted by Gasteiger charge is 2.38. The Balaban J connectivity index is 1.75. The van der Waals surface area contributed by atoms with Crippen LogP contribution in [-0.4, -0.2) is 36.4 Å². The van der Waals surface area contributed by atoms with Gasteiger partial charge in [-0.3, -0.25) is 24.2 Å². The minimum Gasteiger partial charge on any atom is -0.495 e. The van der Waals surface area contributed by atoms with E-state index in [-0.39, 0.29) is 18.0 Å². The Bertz CT molecular complexity index is 1240. The normalized spacial score (nSPS) is 13.1. The first-order valence-corrected chi connectivity index (χ1v) is 11.1. The fourth-order valence-corrected chi connectivity index (χ4v) is 4.04. The number of hydrogen-bond donors (Lipinski definition) is 0. The number of imide groups is 1. The molecule has 1 aliphatic rings. The third-order valence-electron chi connectivity index (χ3n) is 6.03. The molecule has 0 unspecified atom stereocenters. The maximum absolute atomic E-state index is 13.8. The van der Waals surface area contributed by atoms with Crippen LogP contribution in [0.25, 0.3) is 0 Å². The lowest BCUT2D eigenvalue weighted by molar-refractivity contribution is 0.0650. The lowest BCUT2D eigenvalue weighted by atomic mass is 9.86. The highest BCUT2D eigenvalue weighted by Crippen LogP contribution is 2.33. The van der Waals surface area contributed by atoms with Gasteiger partial charge >= 0.3 is 0 Å². The van der Waals surface area contributed by atoms with Gasteiger partial charge in [0.2, 0.25) is 0 Å². The van der Waals surface area contributed by atoms with Crippen molar-refractivity contribution in [3.05, 3.63) is 94.5 Å². The summed E-state index contributed by atoms with van der Waals surface area (Å²) >= 11 is 0. The molecule has 6 heteroatoms. The van der Waals surface area contributed by atoms with E-state index in [1.165, 1.54) is 12.0 Å². The smallest absolute Gasteiger partial charge is 0.263 e. The van der Waals surface area contributed by atoms with E-state index in [1.807, 2.05) is 31.2 Å². The Morgan fingerprint density at radius 1 is 0.912 bits per heavy atom. The number of carbonyl (C=O) groups is 3. The molecule has 1 aliphatic heterocycles. The van der Waals surface area contributed by atoms with Crippen molar-refractivity contribution in [1.82, 2.24) is 4.90 Å². The first-order chi connectivity index (χ1) is 16.1. The van der Waals surface area contributed by atoms with Crippen LogP contribution in [0.1, 0.15) is 63.0 Å². The first kappa shape index (κ1) is 23.2. The van der Waals surface area contributed by atoms with E-state index in [2.05, 4.69) is 20.8 Å². The van der Waals surface area contributed by atoms with Crippen LogP contribution >= 0.6 is 0 Å². The van der Waals surface area contributed by atoms with Gasteiger partial charge in [0.1, 0.15) is 12.4 Å². The number of carbonyl (C=O) groups excluding carboxylic acids is 3. The van der Waals surface area contributed by atoms with Gasteiger partial charge < -0.3 is 4.74 Å². The Morgan fingerprint density at radius 3 is 2.03 bits per heavy atom. The molecule has 174 valence electrons. The van der Waals surface area contributed by atoms with Gasteiger partial charge in [0.15, 0.2) is 0 Å². The Morgan fingerprint density at radius 2 is 1.50 bits per heavy atom. The number of methoxy groups -OCH3 is 1. The average molecular weight is 457 g/mol. The topological polar surface area (TPSA) is 66.9 Å². The van der Waals surface area contributed by atoms with Crippen LogP contribution in [0.2, 0.25) is 0 Å². The quantitative estimate of drug-likeness (QED) is 0.495. The number of benzene rings is 3. The fourth-order valence-electron chi connectivity index (χ4n) is 4.04. The van der Waals surface area contributed by atoms with E-state index < -0.39 is 11.8 Å². The number of anilines is 1. The van der Waals surface area contributed by atoms with E-state index in [4.69, 9.17) is 4.74 Å². The third-order valence-corrected chi connectivity index (χ3v) is 6.03. The zero-order chi connectivity index (χ0) is 24.6. The van der Waals surface area contributed by atoms with Crippen molar-refractivity contribution in [2.75, 3.05) is 18.7 Å². The van der Waals surface area contributed by atoms with Crippen molar-refractivity contribution >= 4 is 23.4 Å². The highest BCUT2D eigenvalue weighted by atomic mass is 16.5. The molecule has 0 atom stereocenters. The minimum atomic E-state index is -0.424. The van der Waals surface area contributed by atoms with Crippen molar-refractivity contribution in [1.29, 1.82) is 0 Å². The molecule has 0 aliphatic carbocycles. The van der Waals surface area contributed by atoms with E-state index in [0.29, 0.717) is 28.1 Å². The standard InChI is InChI=1S/C28H28N2O4/c1-18-10-15-23(24(16-18)34-5)29(25(31)19-11-13-20(14-12-19)28(2,3)4)17-30-26(32)21-8-6-7-9-22(21)27(30)33/h6-16H,17H2,1-5H3. The minimum absolute atomic E-state index is 0.0540. The molecule has 0 spiro atoms. The number of nitrogens with zero attached hydrogens (tertiary/aromatic N) is 2. The van der Waals surface area contributed by atoms with Crippen LogP contribution in [0, 0.1) is 6.92 Å². The molecule has 0 bridgehead atoms. The van der Waals surface area contributed by atoms with E-state index >= 15 is 0 Å². The van der Waals surface area contributed by atoms with Gasteiger partial charge in [-0.15, -0.1) is 0 Å². The maximum Gasteiger partial charge on any atom is 0.263 e. The molecule has 0 radical (unpaired) electrons. The van der Waals surface area contributed by atoms with Crippen LogP contribution in [0.3, 0.4) is 0 Å². The van der Waals surface area contributed by atoms with Gasteiger partial charge in [0.05, 0.1) is 23.9 Å². The molecule has 0 fully saturated rings. The summed E-state index contributed by atoms with van der Waals surface area (Å²) in [6.45, 7) is 8.01. The van der Waals surface area contributed by atoms with Gasteiger partial charge in [-0.25, -0.2) is 0 Å². The van der Waals surface area contributed by atoms with Crippen molar-refractivity contribution in [2.45, 2.75) is 33.1 Å². The van der Waals surface area contributed by atoms with Crippen LogP contribution in [0.15, 0.2) is 66.7 Å². The molecule has 3 aromatic carbocycles.